The molecule has 43 heavy (non-hydrogen) atoms. The third kappa shape index (κ3) is 14.4. The van der Waals surface area contributed by atoms with Gasteiger partial charge in [-0.2, -0.15) is 0 Å². The maximum absolute atomic E-state index is 11.6. The van der Waals surface area contributed by atoms with Crippen molar-refractivity contribution in [2.24, 2.45) is 4.99 Å². The number of unbranched alkanes of at least 4 members (excludes halogenated alkanes) is 13. The van der Waals surface area contributed by atoms with Crippen LogP contribution < -0.4 is 9.47 Å². The standard InChI is InChI=1S/C38H51NO4/c1-3-4-5-6-7-8-9-10-11-12-13-14-15-16-29-42-36-27-23-35(24-28-36)39-30-32-19-25-37(26-20-32)43-31-33-17-21-34(22-18-33)38(40)41-2/h17-28,30H,3-16,29,31H2,1-2H3. The fourth-order valence-electron chi connectivity index (χ4n) is 4.94. The molecule has 3 aromatic rings. The normalized spacial score (nSPS) is 11.1. The van der Waals surface area contributed by atoms with Gasteiger partial charge in [0.1, 0.15) is 18.1 Å². The second kappa shape index (κ2) is 21.1. The molecule has 3 rings (SSSR count). The van der Waals surface area contributed by atoms with E-state index in [9.17, 15) is 4.79 Å². The van der Waals surface area contributed by atoms with Gasteiger partial charge in [0.05, 0.1) is 25.0 Å². The molecule has 3 aromatic carbocycles. The molecule has 0 aromatic heterocycles. The number of rotatable bonds is 22. The lowest BCUT2D eigenvalue weighted by Crippen LogP contribution is -2.02. The molecule has 0 atom stereocenters. The zero-order valence-electron chi connectivity index (χ0n) is 26.4. The Bertz CT molecular complexity index is 1170. The van der Waals surface area contributed by atoms with Gasteiger partial charge in [-0.15, -0.1) is 0 Å². The average molecular weight is 586 g/mol. The van der Waals surface area contributed by atoms with E-state index in [4.69, 9.17) is 14.2 Å². The SMILES string of the molecule is CCCCCCCCCCCCCCCCOc1ccc(N=Cc2ccc(OCc3ccc(C(=O)OC)cc3)cc2)cc1. The molecule has 0 aliphatic carbocycles. The molecule has 0 saturated carbocycles. The number of carbonyl (C=O) groups is 1. The number of methoxy groups -OCH3 is 1. The van der Waals surface area contributed by atoms with Gasteiger partial charge in [0.2, 0.25) is 0 Å². The number of aliphatic imine (C=N–C) groups is 1. The van der Waals surface area contributed by atoms with Crippen molar-refractivity contribution >= 4 is 17.9 Å². The van der Waals surface area contributed by atoms with Crippen LogP contribution in [0, 0.1) is 0 Å². The smallest absolute Gasteiger partial charge is 0.337 e. The van der Waals surface area contributed by atoms with Crippen molar-refractivity contribution in [3.05, 3.63) is 89.5 Å². The first-order valence-electron chi connectivity index (χ1n) is 16.3. The van der Waals surface area contributed by atoms with Gasteiger partial charge in [-0.1, -0.05) is 103 Å². The van der Waals surface area contributed by atoms with E-state index in [0.717, 1.165) is 41.3 Å². The van der Waals surface area contributed by atoms with Gasteiger partial charge in [0, 0.05) is 6.21 Å². The number of hydrogen-bond donors (Lipinski definition) is 0. The van der Waals surface area contributed by atoms with Crippen molar-refractivity contribution in [3.8, 4) is 11.5 Å². The van der Waals surface area contributed by atoms with Crippen LogP contribution in [0.3, 0.4) is 0 Å². The topological polar surface area (TPSA) is 57.1 Å². The van der Waals surface area contributed by atoms with Gasteiger partial charge in [-0.25, -0.2) is 4.79 Å². The number of hydrogen-bond acceptors (Lipinski definition) is 5. The summed E-state index contributed by atoms with van der Waals surface area (Å²) in [5.41, 5.74) is 3.38. The molecule has 0 fully saturated rings. The molecule has 0 N–H and O–H groups in total. The van der Waals surface area contributed by atoms with Crippen molar-refractivity contribution in [2.75, 3.05) is 13.7 Å². The molecule has 0 saturated heterocycles. The van der Waals surface area contributed by atoms with Crippen LogP contribution in [-0.4, -0.2) is 25.9 Å². The van der Waals surface area contributed by atoms with Crippen LogP contribution in [0.1, 0.15) is 118 Å². The summed E-state index contributed by atoms with van der Waals surface area (Å²) in [6.45, 7) is 3.47. The first kappa shape index (κ1) is 33.9. The molecule has 232 valence electrons. The van der Waals surface area contributed by atoms with E-state index in [1.165, 1.54) is 90.6 Å². The lowest BCUT2D eigenvalue weighted by Gasteiger charge is -2.07. The Balaban J connectivity index is 1.23. The van der Waals surface area contributed by atoms with Crippen LogP contribution >= 0.6 is 0 Å². The van der Waals surface area contributed by atoms with Gasteiger partial charge < -0.3 is 14.2 Å². The predicted molar refractivity (Wildman–Crippen MR) is 178 cm³/mol. The van der Waals surface area contributed by atoms with Crippen molar-refractivity contribution in [3.63, 3.8) is 0 Å². The average Bonchev–Trinajstić information content (AvgIpc) is 3.05. The lowest BCUT2D eigenvalue weighted by atomic mass is 10.0. The molecule has 0 aliphatic rings. The summed E-state index contributed by atoms with van der Waals surface area (Å²) in [5.74, 6) is 1.33. The molecule has 0 spiro atoms. The van der Waals surface area contributed by atoms with E-state index >= 15 is 0 Å². The number of carbonyl (C=O) groups excluding carboxylic acids is 1. The Labute approximate surface area is 259 Å². The monoisotopic (exact) mass is 585 g/mol. The third-order valence-electron chi connectivity index (χ3n) is 7.63. The highest BCUT2D eigenvalue weighted by Gasteiger charge is 2.05. The Hall–Kier alpha value is -3.60. The summed E-state index contributed by atoms with van der Waals surface area (Å²) in [7, 11) is 1.38. The van der Waals surface area contributed by atoms with Gasteiger partial charge in [0.25, 0.3) is 0 Å². The minimum Gasteiger partial charge on any atom is -0.494 e. The van der Waals surface area contributed by atoms with Crippen molar-refractivity contribution < 1.29 is 19.0 Å². The van der Waals surface area contributed by atoms with E-state index < -0.39 is 0 Å². The van der Waals surface area contributed by atoms with Crippen molar-refractivity contribution in [1.29, 1.82) is 0 Å². The zero-order valence-corrected chi connectivity index (χ0v) is 26.4. The molecule has 5 heteroatoms. The van der Waals surface area contributed by atoms with Gasteiger partial charge >= 0.3 is 5.97 Å². The number of ether oxygens (including phenoxy) is 3. The van der Waals surface area contributed by atoms with Gasteiger partial charge in [-0.05, 0) is 78.2 Å². The van der Waals surface area contributed by atoms with Crippen LogP contribution in [0.2, 0.25) is 0 Å². The van der Waals surface area contributed by atoms with E-state index in [1.54, 1.807) is 12.1 Å². The fraction of sp³-hybridized carbons (Fsp3) is 0.474. The lowest BCUT2D eigenvalue weighted by molar-refractivity contribution is 0.0600. The minimum atomic E-state index is -0.343. The Morgan fingerprint density at radius 2 is 1.14 bits per heavy atom. The number of nitrogens with zero attached hydrogens (tertiary/aromatic N) is 1. The molecular weight excluding hydrogens is 534 g/mol. The molecule has 0 aliphatic heterocycles. The first-order valence-corrected chi connectivity index (χ1v) is 16.3. The second-order valence-electron chi connectivity index (χ2n) is 11.2. The summed E-state index contributed by atoms with van der Waals surface area (Å²) < 4.78 is 16.5. The molecule has 0 bridgehead atoms. The molecule has 5 nitrogen and oxygen atoms in total. The van der Waals surface area contributed by atoms with E-state index in [0.29, 0.717) is 12.2 Å². The molecule has 0 unspecified atom stereocenters. The van der Waals surface area contributed by atoms with Gasteiger partial charge in [-0.3, -0.25) is 4.99 Å². The Kier molecular flexibility index (Phi) is 16.7. The summed E-state index contributed by atoms with van der Waals surface area (Å²) in [5, 5.41) is 0. The van der Waals surface area contributed by atoms with Crippen LogP contribution in [0.4, 0.5) is 5.69 Å². The van der Waals surface area contributed by atoms with Crippen LogP contribution in [0.25, 0.3) is 0 Å². The fourth-order valence-corrected chi connectivity index (χ4v) is 4.94. The summed E-state index contributed by atoms with van der Waals surface area (Å²) in [6, 6.07) is 23.0. The molecule has 0 heterocycles. The van der Waals surface area contributed by atoms with Crippen LogP contribution in [-0.2, 0) is 11.3 Å². The Morgan fingerprint density at radius 3 is 1.70 bits per heavy atom. The third-order valence-corrected chi connectivity index (χ3v) is 7.63. The highest BCUT2D eigenvalue weighted by Crippen LogP contribution is 2.20. The predicted octanol–water partition coefficient (Wildman–Crippen LogP) is 10.7. The molecule has 0 radical (unpaired) electrons. The molecule has 0 amide bonds. The number of esters is 1. The highest BCUT2D eigenvalue weighted by atomic mass is 16.5. The van der Waals surface area contributed by atoms with E-state index in [-0.39, 0.29) is 5.97 Å². The largest absolute Gasteiger partial charge is 0.494 e. The molecular formula is C38H51NO4. The second-order valence-corrected chi connectivity index (χ2v) is 11.2. The summed E-state index contributed by atoms with van der Waals surface area (Å²) in [4.78, 5) is 16.1. The first-order chi connectivity index (χ1) is 21.2. The highest BCUT2D eigenvalue weighted by molar-refractivity contribution is 5.89. The Morgan fingerprint density at radius 1 is 0.628 bits per heavy atom. The van der Waals surface area contributed by atoms with E-state index in [1.807, 2.05) is 66.9 Å². The van der Waals surface area contributed by atoms with E-state index in [2.05, 4.69) is 11.9 Å². The minimum absolute atomic E-state index is 0.343. The van der Waals surface area contributed by atoms with Crippen LogP contribution in [0.15, 0.2) is 77.8 Å². The van der Waals surface area contributed by atoms with Gasteiger partial charge in [0.15, 0.2) is 0 Å². The van der Waals surface area contributed by atoms with Crippen LogP contribution in [0.5, 0.6) is 11.5 Å². The maximum Gasteiger partial charge on any atom is 0.337 e. The summed E-state index contributed by atoms with van der Waals surface area (Å²) >= 11 is 0. The maximum atomic E-state index is 11.6. The number of benzene rings is 3. The van der Waals surface area contributed by atoms with Crippen molar-refractivity contribution in [1.82, 2.24) is 0 Å². The summed E-state index contributed by atoms with van der Waals surface area (Å²) in [6.07, 6.45) is 21.0. The zero-order chi connectivity index (χ0) is 30.4. The van der Waals surface area contributed by atoms with Crippen molar-refractivity contribution in [2.45, 2.75) is 103 Å². The quantitative estimate of drug-likeness (QED) is 0.0668.